The number of nitrogens with zero attached hydrogens (tertiary/aromatic N) is 1. The number of hydrogen-bond donors (Lipinski definition) is 1. The average molecular weight is 587 g/mol. The van der Waals surface area contributed by atoms with E-state index in [4.69, 9.17) is 4.74 Å². The minimum absolute atomic E-state index is 0.214. The van der Waals surface area contributed by atoms with Crippen molar-refractivity contribution in [2.45, 2.75) is 141 Å². The first-order chi connectivity index (χ1) is 20.2. The minimum atomic E-state index is 0.214. The number of ether oxygens (including phenoxy) is 1. The summed E-state index contributed by atoms with van der Waals surface area (Å²) in [4.78, 5) is 2.43. The first-order valence-corrected chi connectivity index (χ1v) is 16.9. The van der Waals surface area contributed by atoms with Gasteiger partial charge < -0.3 is 10.1 Å². The quantitative estimate of drug-likeness (QED) is 0.0982. The van der Waals surface area contributed by atoms with E-state index in [9.17, 15) is 0 Å². The molecule has 2 unspecified atom stereocenters. The molecule has 0 saturated carbocycles. The lowest BCUT2D eigenvalue weighted by molar-refractivity contribution is 0.0871. The van der Waals surface area contributed by atoms with Crippen LogP contribution in [0.25, 0.3) is 0 Å². The van der Waals surface area contributed by atoms with E-state index in [1.165, 1.54) is 37.0 Å². The number of rotatable bonds is 18. The summed E-state index contributed by atoms with van der Waals surface area (Å²) in [5, 5.41) is 3.37. The van der Waals surface area contributed by atoms with Crippen LogP contribution >= 0.6 is 0 Å². The fourth-order valence-corrected chi connectivity index (χ4v) is 3.67. The van der Waals surface area contributed by atoms with Crippen molar-refractivity contribution in [1.82, 2.24) is 10.2 Å². The summed E-state index contributed by atoms with van der Waals surface area (Å²) >= 11 is 0. The van der Waals surface area contributed by atoms with E-state index in [-0.39, 0.29) is 6.10 Å². The first kappa shape index (κ1) is 46.9. The van der Waals surface area contributed by atoms with E-state index < -0.39 is 0 Å². The third-order valence-corrected chi connectivity index (χ3v) is 6.10. The molecule has 0 spiro atoms. The number of likely N-dealkylation sites (N-methyl/N-ethyl adjacent to an activating group) is 1. The van der Waals surface area contributed by atoms with Crippen LogP contribution in [0, 0.1) is 17.8 Å². The molecular formula is C39H74N2O. The lowest BCUT2D eigenvalue weighted by Crippen LogP contribution is -2.27. The van der Waals surface area contributed by atoms with Crippen molar-refractivity contribution >= 4 is 0 Å². The summed E-state index contributed by atoms with van der Waals surface area (Å²) in [5.74, 6) is 7.36. The van der Waals surface area contributed by atoms with Crippen LogP contribution < -0.4 is 5.32 Å². The molecular weight excluding hydrogens is 512 g/mol. The Morgan fingerprint density at radius 2 is 1.52 bits per heavy atom. The van der Waals surface area contributed by atoms with Crippen molar-refractivity contribution in [1.29, 1.82) is 0 Å². The third-order valence-electron chi connectivity index (χ3n) is 6.10. The zero-order chi connectivity index (χ0) is 33.0. The van der Waals surface area contributed by atoms with Gasteiger partial charge in [-0.05, 0) is 80.2 Å². The van der Waals surface area contributed by atoms with Gasteiger partial charge in [0, 0.05) is 24.7 Å². The second-order valence-electron chi connectivity index (χ2n) is 10.3. The fourth-order valence-electron chi connectivity index (χ4n) is 3.67. The molecule has 1 N–H and O–H groups in total. The topological polar surface area (TPSA) is 24.5 Å². The van der Waals surface area contributed by atoms with Crippen LogP contribution in [0.2, 0.25) is 0 Å². The van der Waals surface area contributed by atoms with E-state index in [0.717, 1.165) is 45.4 Å². The van der Waals surface area contributed by atoms with Crippen molar-refractivity contribution in [3.8, 4) is 11.8 Å². The van der Waals surface area contributed by atoms with Crippen LogP contribution in [0.3, 0.4) is 0 Å². The lowest BCUT2D eigenvalue weighted by atomic mass is 9.97. The van der Waals surface area contributed by atoms with Crippen molar-refractivity contribution in [3.05, 3.63) is 59.9 Å². The molecule has 3 heteroatoms. The van der Waals surface area contributed by atoms with Crippen molar-refractivity contribution < 1.29 is 4.74 Å². The molecule has 42 heavy (non-hydrogen) atoms. The maximum absolute atomic E-state index is 6.02. The predicted molar refractivity (Wildman–Crippen MR) is 195 cm³/mol. The van der Waals surface area contributed by atoms with Gasteiger partial charge in [-0.2, -0.15) is 0 Å². The molecule has 246 valence electrons. The van der Waals surface area contributed by atoms with Gasteiger partial charge in [0.2, 0.25) is 0 Å². The predicted octanol–water partition coefficient (Wildman–Crippen LogP) is 11.3. The van der Waals surface area contributed by atoms with E-state index >= 15 is 0 Å². The highest BCUT2D eigenvalue weighted by Gasteiger charge is 2.09. The van der Waals surface area contributed by atoms with E-state index in [1.54, 1.807) is 11.6 Å². The second kappa shape index (κ2) is 39.0. The lowest BCUT2D eigenvalue weighted by Gasteiger charge is -2.21. The summed E-state index contributed by atoms with van der Waals surface area (Å²) < 4.78 is 6.02. The Bertz CT molecular complexity index is 748. The Kier molecular flexibility index (Phi) is 43.6. The van der Waals surface area contributed by atoms with Gasteiger partial charge in [-0.3, -0.25) is 4.90 Å². The van der Waals surface area contributed by atoms with Gasteiger partial charge in [-0.15, -0.1) is 6.58 Å². The van der Waals surface area contributed by atoms with Crippen LogP contribution in [0.1, 0.15) is 135 Å². The molecule has 0 heterocycles. The van der Waals surface area contributed by atoms with Crippen LogP contribution in [0.4, 0.5) is 0 Å². The maximum Gasteiger partial charge on any atom is 0.0651 e. The first-order valence-electron chi connectivity index (χ1n) is 16.9. The van der Waals surface area contributed by atoms with Gasteiger partial charge >= 0.3 is 0 Å². The van der Waals surface area contributed by atoms with E-state index in [1.807, 2.05) is 20.8 Å². The summed E-state index contributed by atoms with van der Waals surface area (Å²) in [6.07, 6.45) is 21.0. The van der Waals surface area contributed by atoms with Crippen molar-refractivity contribution in [2.75, 3.05) is 32.8 Å². The Balaban J connectivity index is -0.000000808. The summed E-state index contributed by atoms with van der Waals surface area (Å²) in [6, 6.07) is 0. The smallest absolute Gasteiger partial charge is 0.0651 e. The largest absolute Gasteiger partial charge is 0.389 e. The van der Waals surface area contributed by atoms with E-state index in [2.05, 4.69) is 128 Å². The van der Waals surface area contributed by atoms with Gasteiger partial charge in [0.05, 0.1) is 19.3 Å². The molecule has 0 aliphatic heterocycles. The maximum atomic E-state index is 6.02. The molecule has 0 rings (SSSR count). The second-order valence-corrected chi connectivity index (χ2v) is 10.3. The molecule has 0 aromatic carbocycles. The standard InChI is InChI=1S/C31H54N2O.C3H8.C3H6.C2H6/c1-9-14-20-30(11-3)24-27(6)19-18-22-33(13-5)26-31(12-4)25-29(8)34-23-17-15-16-21-32-28(7)10-2;2*1-3-2;1-2/h10-12,15,17,27,29,32H,9,13-14,16,20-26H2,1-8H3;3H2,1-2H3;3H,1H2,2H3;1-2H3/b17-15+,28-10+,30-11-,31-12+;;;. The third kappa shape index (κ3) is 36.0. The van der Waals surface area contributed by atoms with Crippen LogP contribution in [-0.4, -0.2) is 43.8 Å². The molecule has 0 amide bonds. The van der Waals surface area contributed by atoms with Gasteiger partial charge in [0.1, 0.15) is 0 Å². The Morgan fingerprint density at radius 3 is 2.02 bits per heavy atom. The highest BCUT2D eigenvalue weighted by molar-refractivity contribution is 5.12. The van der Waals surface area contributed by atoms with Crippen LogP contribution in [-0.2, 0) is 4.74 Å². The zero-order valence-corrected chi connectivity index (χ0v) is 30.7. The Hall–Kier alpha value is -2.02. The normalized spacial score (nSPS) is 13.0. The zero-order valence-electron chi connectivity index (χ0n) is 30.7. The van der Waals surface area contributed by atoms with Crippen LogP contribution in [0.15, 0.2) is 59.9 Å². The van der Waals surface area contributed by atoms with E-state index in [0.29, 0.717) is 12.5 Å². The number of hydrogen-bond acceptors (Lipinski definition) is 3. The molecule has 0 aromatic rings. The van der Waals surface area contributed by atoms with Gasteiger partial charge in [0.25, 0.3) is 0 Å². The highest BCUT2D eigenvalue weighted by Crippen LogP contribution is 2.17. The Labute approximate surface area is 266 Å². The molecule has 0 radical (unpaired) electrons. The highest BCUT2D eigenvalue weighted by atomic mass is 16.5. The molecule has 2 atom stereocenters. The van der Waals surface area contributed by atoms with Crippen molar-refractivity contribution in [2.24, 2.45) is 5.92 Å². The minimum Gasteiger partial charge on any atom is -0.389 e. The van der Waals surface area contributed by atoms with Crippen molar-refractivity contribution in [3.63, 3.8) is 0 Å². The van der Waals surface area contributed by atoms with Gasteiger partial charge in [0.15, 0.2) is 0 Å². The molecule has 0 aromatic heterocycles. The average Bonchev–Trinajstić information content (AvgIpc) is 2.99. The summed E-state index contributed by atoms with van der Waals surface area (Å²) in [7, 11) is 0. The fraction of sp³-hybridized carbons (Fsp3) is 0.692. The molecule has 0 bridgehead atoms. The monoisotopic (exact) mass is 587 g/mol. The SMILES string of the molecule is C/C=C(/CCCC)CC(C)C#CCN(CC)C/C(=C/C)CC(C)OC/C=C/CCN/C(C)=C/C.C=CC.CC.CCC. The molecule has 0 aliphatic carbocycles. The number of allylic oxidation sites excluding steroid dienone is 6. The Morgan fingerprint density at radius 1 is 0.929 bits per heavy atom. The molecule has 0 fully saturated rings. The summed E-state index contributed by atoms with van der Waals surface area (Å²) in [6.45, 7) is 35.3. The van der Waals surface area contributed by atoms with Crippen LogP contribution in [0.5, 0.6) is 0 Å². The molecule has 0 saturated heterocycles. The summed E-state index contributed by atoms with van der Waals surface area (Å²) in [5.41, 5.74) is 4.20. The number of unbranched alkanes of at least 4 members (excludes halogenated alkanes) is 1. The molecule has 0 aliphatic rings. The number of nitrogens with one attached hydrogen (secondary N) is 1. The van der Waals surface area contributed by atoms with Gasteiger partial charge in [-0.1, -0.05) is 121 Å². The molecule has 3 nitrogen and oxygen atoms in total. The van der Waals surface area contributed by atoms with Gasteiger partial charge in [-0.25, -0.2) is 0 Å².